The molecule has 7 heteroatoms. The molecule has 0 aliphatic carbocycles. The fourth-order valence-electron chi connectivity index (χ4n) is 3.76. The number of hydrogen-bond acceptors (Lipinski definition) is 5. The second-order valence-corrected chi connectivity index (χ2v) is 8.26. The Morgan fingerprint density at radius 1 is 1.06 bits per heavy atom. The molecule has 0 unspecified atom stereocenters. The highest BCUT2D eigenvalue weighted by molar-refractivity contribution is 8.18. The van der Waals surface area contributed by atoms with E-state index in [0.717, 1.165) is 44.7 Å². The number of hydrogen-bond donors (Lipinski definition) is 0. The number of imide groups is 1. The van der Waals surface area contributed by atoms with Crippen LogP contribution in [0.2, 0.25) is 0 Å². The number of fused-ring (bicyclic) bond motifs is 1. The lowest BCUT2D eigenvalue weighted by Crippen LogP contribution is -2.34. The summed E-state index contributed by atoms with van der Waals surface area (Å²) in [5.74, 6) is -1.07. The fraction of sp³-hybridized carbons (Fsp3) is 0.208. The second kappa shape index (κ2) is 8.43. The Kier molecular flexibility index (Phi) is 5.69. The Morgan fingerprint density at radius 3 is 2.55 bits per heavy atom. The molecule has 1 saturated heterocycles. The molecular formula is C24H22N2O4S. The number of ether oxygens (including phenoxy) is 1. The molecule has 2 heterocycles. The van der Waals surface area contributed by atoms with Crippen LogP contribution in [0, 0.1) is 13.8 Å². The van der Waals surface area contributed by atoms with Crippen LogP contribution in [0.4, 0.5) is 4.79 Å². The van der Waals surface area contributed by atoms with E-state index in [0.29, 0.717) is 4.91 Å². The number of rotatable bonds is 5. The van der Waals surface area contributed by atoms with Crippen molar-refractivity contribution >= 4 is 45.7 Å². The number of carbonyl (C=O) groups is 3. The van der Waals surface area contributed by atoms with Gasteiger partial charge in [0.1, 0.15) is 6.54 Å². The highest BCUT2D eigenvalue weighted by Crippen LogP contribution is 2.34. The zero-order valence-corrected chi connectivity index (χ0v) is 18.4. The third kappa shape index (κ3) is 4.01. The molecule has 0 radical (unpaired) electrons. The summed E-state index contributed by atoms with van der Waals surface area (Å²) >= 11 is 0.840. The van der Waals surface area contributed by atoms with Gasteiger partial charge in [0.05, 0.1) is 11.5 Å². The number of amides is 2. The van der Waals surface area contributed by atoms with Crippen molar-refractivity contribution in [1.82, 2.24) is 9.47 Å². The van der Waals surface area contributed by atoms with Crippen molar-refractivity contribution < 1.29 is 19.1 Å². The molecule has 1 aliphatic rings. The quantitative estimate of drug-likeness (QED) is 0.424. The molecule has 6 nitrogen and oxygen atoms in total. The SMILES string of the molecule is CCOC(=O)CN1C(=O)S/C(=C\c2cc(C)n(-c3ccc4ccccc4c3)c2C)C1=O. The lowest BCUT2D eigenvalue weighted by Gasteiger charge is -2.11. The molecule has 0 spiro atoms. The molecular weight excluding hydrogens is 412 g/mol. The van der Waals surface area contributed by atoms with Crippen LogP contribution in [-0.4, -0.2) is 39.7 Å². The highest BCUT2D eigenvalue weighted by atomic mass is 32.2. The first-order chi connectivity index (χ1) is 14.9. The van der Waals surface area contributed by atoms with Crippen LogP contribution in [0.25, 0.3) is 22.5 Å². The number of benzene rings is 2. The summed E-state index contributed by atoms with van der Waals surface area (Å²) in [5.41, 5.74) is 3.87. The molecule has 2 amide bonds. The van der Waals surface area contributed by atoms with Gasteiger partial charge in [0.25, 0.3) is 11.1 Å². The van der Waals surface area contributed by atoms with Crippen molar-refractivity contribution in [2.75, 3.05) is 13.2 Å². The van der Waals surface area contributed by atoms with E-state index in [1.54, 1.807) is 13.0 Å². The molecule has 4 rings (SSSR count). The first kappa shape index (κ1) is 20.9. The predicted octanol–water partition coefficient (Wildman–Crippen LogP) is 4.85. The van der Waals surface area contributed by atoms with E-state index in [1.165, 1.54) is 5.39 Å². The van der Waals surface area contributed by atoms with E-state index >= 15 is 0 Å². The summed E-state index contributed by atoms with van der Waals surface area (Å²) in [5, 5.41) is 1.85. The summed E-state index contributed by atoms with van der Waals surface area (Å²) in [4.78, 5) is 37.9. The Labute approximate surface area is 184 Å². The molecule has 158 valence electrons. The lowest BCUT2D eigenvalue weighted by atomic mass is 10.1. The van der Waals surface area contributed by atoms with Crippen LogP contribution in [0.5, 0.6) is 0 Å². The summed E-state index contributed by atoms with van der Waals surface area (Å²) in [7, 11) is 0. The second-order valence-electron chi connectivity index (χ2n) is 7.27. The van der Waals surface area contributed by atoms with E-state index in [-0.39, 0.29) is 13.2 Å². The van der Waals surface area contributed by atoms with Crippen LogP contribution in [0.3, 0.4) is 0 Å². The molecule has 1 aliphatic heterocycles. The topological polar surface area (TPSA) is 68.6 Å². The summed E-state index contributed by atoms with van der Waals surface area (Å²) in [6.07, 6.45) is 1.72. The van der Waals surface area contributed by atoms with E-state index < -0.39 is 17.1 Å². The maximum absolute atomic E-state index is 12.7. The summed E-state index contributed by atoms with van der Waals surface area (Å²) < 4.78 is 6.98. The van der Waals surface area contributed by atoms with Gasteiger partial charge in [0, 0.05) is 17.1 Å². The normalized spacial score (nSPS) is 15.3. The minimum absolute atomic E-state index is 0.200. The van der Waals surface area contributed by atoms with Gasteiger partial charge in [-0.15, -0.1) is 0 Å². The Balaban J connectivity index is 1.65. The van der Waals surface area contributed by atoms with Crippen molar-refractivity contribution in [2.24, 2.45) is 0 Å². The van der Waals surface area contributed by atoms with Gasteiger partial charge in [0.2, 0.25) is 0 Å². The third-order valence-corrected chi connectivity index (χ3v) is 6.12. The van der Waals surface area contributed by atoms with Crippen LogP contribution < -0.4 is 0 Å². The third-order valence-electron chi connectivity index (χ3n) is 5.21. The zero-order valence-electron chi connectivity index (χ0n) is 17.5. The molecule has 31 heavy (non-hydrogen) atoms. The van der Waals surface area contributed by atoms with Gasteiger partial charge >= 0.3 is 5.97 Å². The van der Waals surface area contributed by atoms with E-state index in [1.807, 2.05) is 32.0 Å². The average molecular weight is 435 g/mol. The highest BCUT2D eigenvalue weighted by Gasteiger charge is 2.36. The Hall–Kier alpha value is -3.32. The number of aromatic nitrogens is 1. The predicted molar refractivity (Wildman–Crippen MR) is 122 cm³/mol. The zero-order chi connectivity index (χ0) is 22.1. The molecule has 0 N–H and O–H groups in total. The minimum Gasteiger partial charge on any atom is -0.465 e. The van der Waals surface area contributed by atoms with Crippen molar-refractivity contribution in [2.45, 2.75) is 20.8 Å². The Morgan fingerprint density at radius 2 is 1.81 bits per heavy atom. The van der Waals surface area contributed by atoms with Crippen molar-refractivity contribution in [3.05, 3.63) is 70.4 Å². The summed E-state index contributed by atoms with van der Waals surface area (Å²) in [6, 6.07) is 16.5. The first-order valence-corrected chi connectivity index (χ1v) is 10.8. The molecule has 2 aromatic carbocycles. The Bertz CT molecular complexity index is 1240. The van der Waals surface area contributed by atoms with Crippen molar-refractivity contribution in [1.29, 1.82) is 0 Å². The molecule has 0 saturated carbocycles. The van der Waals surface area contributed by atoms with Gasteiger partial charge in [-0.1, -0.05) is 30.3 Å². The largest absolute Gasteiger partial charge is 0.465 e. The molecule has 1 aromatic heterocycles. The monoisotopic (exact) mass is 434 g/mol. The van der Waals surface area contributed by atoms with Crippen molar-refractivity contribution in [3.63, 3.8) is 0 Å². The molecule has 3 aromatic rings. The maximum atomic E-state index is 12.7. The standard InChI is InChI=1S/C24H22N2O4S/c1-4-30-22(27)14-25-23(28)21(31-24(25)29)13-19-11-15(2)26(16(19)3)20-10-9-17-7-5-6-8-18(17)12-20/h5-13H,4,14H2,1-3H3/b21-13-. The van der Waals surface area contributed by atoms with Gasteiger partial charge in [-0.2, -0.15) is 0 Å². The van der Waals surface area contributed by atoms with Gasteiger partial charge in [-0.05, 0) is 73.1 Å². The first-order valence-electron chi connectivity index (χ1n) is 9.98. The maximum Gasteiger partial charge on any atom is 0.326 e. The van der Waals surface area contributed by atoms with Crippen LogP contribution in [0.1, 0.15) is 23.9 Å². The number of aryl methyl sites for hydroxylation is 1. The lowest BCUT2D eigenvalue weighted by molar-refractivity contribution is -0.145. The van der Waals surface area contributed by atoms with Gasteiger partial charge in [-0.25, -0.2) is 0 Å². The van der Waals surface area contributed by atoms with Gasteiger partial charge in [0.15, 0.2) is 0 Å². The number of thioether (sulfide) groups is 1. The van der Waals surface area contributed by atoms with Gasteiger partial charge in [-0.3, -0.25) is 19.3 Å². The average Bonchev–Trinajstić information content (AvgIpc) is 3.17. The van der Waals surface area contributed by atoms with Crippen LogP contribution >= 0.6 is 11.8 Å². The van der Waals surface area contributed by atoms with Crippen molar-refractivity contribution in [3.8, 4) is 5.69 Å². The van der Waals surface area contributed by atoms with E-state index in [4.69, 9.17) is 4.74 Å². The molecule has 1 fully saturated rings. The fourth-order valence-corrected chi connectivity index (χ4v) is 4.59. The minimum atomic E-state index is -0.597. The van der Waals surface area contributed by atoms with Crippen LogP contribution in [0.15, 0.2) is 53.4 Å². The van der Waals surface area contributed by atoms with Crippen LogP contribution in [-0.2, 0) is 14.3 Å². The van der Waals surface area contributed by atoms with E-state index in [9.17, 15) is 14.4 Å². The van der Waals surface area contributed by atoms with E-state index in [2.05, 4.69) is 34.9 Å². The van der Waals surface area contributed by atoms with Gasteiger partial charge < -0.3 is 9.30 Å². The molecule has 0 atom stereocenters. The smallest absolute Gasteiger partial charge is 0.326 e. The molecule has 0 bridgehead atoms. The number of nitrogens with zero attached hydrogens (tertiary/aromatic N) is 2. The summed E-state index contributed by atoms with van der Waals surface area (Å²) in [6.45, 7) is 5.50. The number of esters is 1. The number of carbonyl (C=O) groups excluding carboxylic acids is 3.